The molecule has 2 aliphatic rings. The molecular formula is C20H34IN5O. The molecule has 1 aromatic carbocycles. The molecule has 0 amide bonds. The van der Waals surface area contributed by atoms with Gasteiger partial charge in [0.25, 0.3) is 0 Å². The molecule has 6 nitrogen and oxygen atoms in total. The molecule has 1 unspecified atom stereocenters. The van der Waals surface area contributed by atoms with Crippen LogP contribution in [0.5, 0.6) is 0 Å². The summed E-state index contributed by atoms with van der Waals surface area (Å²) in [7, 11) is 0. The van der Waals surface area contributed by atoms with E-state index in [0.29, 0.717) is 18.5 Å². The molecular weight excluding hydrogens is 453 g/mol. The van der Waals surface area contributed by atoms with Crippen LogP contribution in [0.15, 0.2) is 29.3 Å². The standard InChI is InChI=1S/C20H33N5O.HI/c1-2-25-8-4-7-19(25)15-23-20(21)22-14-17-5-3-6-18(13-17)16-24-9-11-26-12-10-24;/h3,5-6,13,19H,2,4,7-12,14-16H2,1H3,(H3,21,22,23);1H. The Balaban J connectivity index is 0.00000261. The maximum atomic E-state index is 6.07. The lowest BCUT2D eigenvalue weighted by atomic mass is 10.1. The van der Waals surface area contributed by atoms with Crippen LogP contribution >= 0.6 is 24.0 Å². The highest BCUT2D eigenvalue weighted by atomic mass is 127. The monoisotopic (exact) mass is 487 g/mol. The van der Waals surface area contributed by atoms with Gasteiger partial charge in [-0.05, 0) is 37.1 Å². The van der Waals surface area contributed by atoms with Crippen LogP contribution in [0.25, 0.3) is 0 Å². The first-order chi connectivity index (χ1) is 12.7. The topological polar surface area (TPSA) is 66.1 Å². The van der Waals surface area contributed by atoms with Crippen LogP contribution in [0.1, 0.15) is 30.9 Å². The van der Waals surface area contributed by atoms with Crippen molar-refractivity contribution >= 4 is 29.9 Å². The Morgan fingerprint density at radius 2 is 2.04 bits per heavy atom. The van der Waals surface area contributed by atoms with Gasteiger partial charge in [-0.15, -0.1) is 24.0 Å². The van der Waals surface area contributed by atoms with Crippen LogP contribution in [0.2, 0.25) is 0 Å². The number of guanidine groups is 1. The first kappa shape index (κ1) is 22.4. The molecule has 1 atom stereocenters. The van der Waals surface area contributed by atoms with Gasteiger partial charge in [-0.2, -0.15) is 0 Å². The van der Waals surface area contributed by atoms with Gasteiger partial charge in [0, 0.05) is 32.2 Å². The molecule has 0 aliphatic carbocycles. The second-order valence-electron chi connectivity index (χ2n) is 7.22. The molecule has 2 fully saturated rings. The molecule has 1 aromatic rings. The average Bonchev–Trinajstić information content (AvgIpc) is 3.13. The number of likely N-dealkylation sites (tertiary alicyclic amines) is 1. The van der Waals surface area contributed by atoms with Crippen molar-refractivity contribution in [2.24, 2.45) is 10.7 Å². The number of morpholine rings is 1. The van der Waals surface area contributed by atoms with Gasteiger partial charge in [0.1, 0.15) is 0 Å². The SMILES string of the molecule is CCN1CCCC1CNC(N)=NCc1cccc(CN2CCOCC2)c1.I. The number of ether oxygens (including phenoxy) is 1. The number of benzene rings is 1. The molecule has 2 aliphatic heterocycles. The van der Waals surface area contributed by atoms with Crippen molar-refractivity contribution < 1.29 is 4.74 Å². The maximum Gasteiger partial charge on any atom is 0.188 e. The van der Waals surface area contributed by atoms with E-state index < -0.39 is 0 Å². The first-order valence-electron chi connectivity index (χ1n) is 9.90. The van der Waals surface area contributed by atoms with Crippen LogP contribution in [0, 0.1) is 0 Å². The Bertz CT molecular complexity index is 591. The highest BCUT2D eigenvalue weighted by Crippen LogP contribution is 2.15. The summed E-state index contributed by atoms with van der Waals surface area (Å²) in [5.41, 5.74) is 8.61. The number of nitrogens with two attached hydrogens (primary N) is 1. The first-order valence-corrected chi connectivity index (χ1v) is 9.90. The largest absolute Gasteiger partial charge is 0.379 e. The minimum atomic E-state index is 0. The quantitative estimate of drug-likeness (QED) is 0.350. The third-order valence-corrected chi connectivity index (χ3v) is 5.36. The zero-order chi connectivity index (χ0) is 18.2. The molecule has 2 saturated heterocycles. The van der Waals surface area contributed by atoms with Gasteiger partial charge in [-0.3, -0.25) is 9.80 Å². The smallest absolute Gasteiger partial charge is 0.188 e. The van der Waals surface area contributed by atoms with Crippen LogP contribution in [-0.4, -0.2) is 67.7 Å². The normalized spacial score (nSPS) is 21.8. The number of likely N-dealkylation sites (N-methyl/N-ethyl adjacent to an activating group) is 1. The summed E-state index contributed by atoms with van der Waals surface area (Å²) in [6.45, 7) is 10.7. The third-order valence-electron chi connectivity index (χ3n) is 5.36. The summed E-state index contributed by atoms with van der Waals surface area (Å²) in [5, 5.41) is 3.30. The predicted octanol–water partition coefficient (Wildman–Crippen LogP) is 2.03. The molecule has 0 bridgehead atoms. The summed E-state index contributed by atoms with van der Waals surface area (Å²) in [6, 6.07) is 9.24. The number of aliphatic imine (C=N–C) groups is 1. The molecule has 152 valence electrons. The maximum absolute atomic E-state index is 6.07. The molecule has 0 radical (unpaired) electrons. The number of halogens is 1. The van der Waals surface area contributed by atoms with Crippen LogP contribution in [0.3, 0.4) is 0 Å². The van der Waals surface area contributed by atoms with Crippen LogP contribution in [-0.2, 0) is 17.8 Å². The fourth-order valence-corrected chi connectivity index (χ4v) is 3.84. The summed E-state index contributed by atoms with van der Waals surface area (Å²) in [6.07, 6.45) is 2.53. The molecule has 0 aromatic heterocycles. The van der Waals surface area contributed by atoms with Crippen LogP contribution in [0.4, 0.5) is 0 Å². The summed E-state index contributed by atoms with van der Waals surface area (Å²) in [5.74, 6) is 0.548. The highest BCUT2D eigenvalue weighted by molar-refractivity contribution is 14.0. The van der Waals surface area contributed by atoms with Crippen molar-refractivity contribution in [3.63, 3.8) is 0 Å². The summed E-state index contributed by atoms with van der Waals surface area (Å²) in [4.78, 5) is 9.47. The fourth-order valence-electron chi connectivity index (χ4n) is 3.84. The van der Waals surface area contributed by atoms with Crippen molar-refractivity contribution in [2.75, 3.05) is 45.9 Å². The Labute approximate surface area is 180 Å². The summed E-state index contributed by atoms with van der Waals surface area (Å²) < 4.78 is 5.42. The molecule has 27 heavy (non-hydrogen) atoms. The summed E-state index contributed by atoms with van der Waals surface area (Å²) >= 11 is 0. The highest BCUT2D eigenvalue weighted by Gasteiger charge is 2.22. The van der Waals surface area contributed by atoms with Gasteiger partial charge >= 0.3 is 0 Å². The zero-order valence-corrected chi connectivity index (χ0v) is 18.7. The van der Waals surface area contributed by atoms with E-state index in [1.54, 1.807) is 0 Å². The number of nitrogens with zero attached hydrogens (tertiary/aromatic N) is 3. The van der Waals surface area contributed by atoms with Gasteiger partial charge in [-0.1, -0.05) is 31.2 Å². The Morgan fingerprint density at radius 1 is 1.26 bits per heavy atom. The van der Waals surface area contributed by atoms with E-state index in [-0.39, 0.29) is 24.0 Å². The molecule has 2 heterocycles. The zero-order valence-electron chi connectivity index (χ0n) is 16.4. The van der Waals surface area contributed by atoms with Crippen molar-refractivity contribution in [2.45, 2.75) is 38.9 Å². The van der Waals surface area contributed by atoms with Gasteiger partial charge in [-0.25, -0.2) is 4.99 Å². The number of nitrogens with one attached hydrogen (secondary N) is 1. The lowest BCUT2D eigenvalue weighted by Crippen LogP contribution is -2.42. The van der Waals surface area contributed by atoms with Crippen molar-refractivity contribution in [3.05, 3.63) is 35.4 Å². The van der Waals surface area contributed by atoms with E-state index in [4.69, 9.17) is 10.5 Å². The third kappa shape index (κ3) is 7.21. The van der Waals surface area contributed by atoms with Crippen LogP contribution < -0.4 is 11.1 Å². The predicted molar refractivity (Wildman–Crippen MR) is 122 cm³/mol. The van der Waals surface area contributed by atoms with E-state index in [1.165, 1.54) is 30.5 Å². The molecule has 0 saturated carbocycles. The van der Waals surface area contributed by atoms with Crippen molar-refractivity contribution in [3.8, 4) is 0 Å². The van der Waals surface area contributed by atoms with Crippen molar-refractivity contribution in [1.29, 1.82) is 0 Å². The second kappa shape index (κ2) is 11.8. The fraction of sp³-hybridized carbons (Fsp3) is 0.650. The number of rotatable bonds is 7. The number of hydrogen-bond donors (Lipinski definition) is 2. The molecule has 0 spiro atoms. The lowest BCUT2D eigenvalue weighted by molar-refractivity contribution is 0.0342. The Hall–Kier alpha value is -0.900. The Morgan fingerprint density at radius 3 is 2.81 bits per heavy atom. The molecule has 7 heteroatoms. The molecule has 3 N–H and O–H groups in total. The second-order valence-corrected chi connectivity index (χ2v) is 7.22. The molecule has 3 rings (SSSR count). The van der Waals surface area contributed by atoms with E-state index in [2.05, 4.69) is 51.3 Å². The van der Waals surface area contributed by atoms with Gasteiger partial charge in [0.05, 0.1) is 19.8 Å². The van der Waals surface area contributed by atoms with E-state index in [0.717, 1.165) is 45.9 Å². The van der Waals surface area contributed by atoms with Gasteiger partial charge < -0.3 is 15.8 Å². The average molecular weight is 487 g/mol. The lowest BCUT2D eigenvalue weighted by Gasteiger charge is -2.26. The van der Waals surface area contributed by atoms with Gasteiger partial charge in [0.15, 0.2) is 5.96 Å². The minimum absolute atomic E-state index is 0. The van der Waals surface area contributed by atoms with Crippen molar-refractivity contribution in [1.82, 2.24) is 15.1 Å². The van der Waals surface area contributed by atoms with E-state index in [9.17, 15) is 0 Å². The van der Waals surface area contributed by atoms with Gasteiger partial charge in [0.2, 0.25) is 0 Å². The van der Waals surface area contributed by atoms with E-state index in [1.807, 2.05) is 0 Å². The van der Waals surface area contributed by atoms with E-state index >= 15 is 0 Å². The Kier molecular flexibility index (Phi) is 9.81. The minimum Gasteiger partial charge on any atom is -0.379 e. The number of hydrogen-bond acceptors (Lipinski definition) is 4.